The van der Waals surface area contributed by atoms with E-state index >= 15 is 0 Å². The first-order chi connectivity index (χ1) is 8.99. The molecule has 2 aromatic rings. The van der Waals surface area contributed by atoms with Crippen LogP contribution in [-0.2, 0) is 6.54 Å². The lowest BCUT2D eigenvalue weighted by Gasteiger charge is -2.21. The monoisotopic (exact) mass is 257 g/mol. The summed E-state index contributed by atoms with van der Waals surface area (Å²) >= 11 is 0. The number of pyridine rings is 1. The Labute approximate surface area is 115 Å². The van der Waals surface area contributed by atoms with Gasteiger partial charge in [-0.15, -0.1) is 0 Å². The van der Waals surface area contributed by atoms with Gasteiger partial charge in [0.05, 0.1) is 5.52 Å². The van der Waals surface area contributed by atoms with Crippen LogP contribution >= 0.6 is 0 Å². The first-order valence-corrected chi connectivity index (χ1v) is 6.87. The Morgan fingerprint density at radius 2 is 1.89 bits per heavy atom. The number of fused-ring (bicyclic) bond motifs is 1. The Kier molecular flexibility index (Phi) is 4.05. The highest BCUT2D eigenvalue weighted by Gasteiger charge is 2.11. The average molecular weight is 257 g/mol. The zero-order valence-electron chi connectivity index (χ0n) is 12.2. The maximum absolute atomic E-state index is 4.63. The lowest BCUT2D eigenvalue weighted by atomic mass is 10.1. The molecule has 0 amide bonds. The van der Waals surface area contributed by atoms with E-state index in [4.69, 9.17) is 0 Å². The van der Waals surface area contributed by atoms with E-state index in [2.05, 4.69) is 67.6 Å². The molecule has 3 heteroatoms. The number of aromatic nitrogens is 1. The van der Waals surface area contributed by atoms with Gasteiger partial charge in [0.1, 0.15) is 5.82 Å². The van der Waals surface area contributed by atoms with Gasteiger partial charge >= 0.3 is 0 Å². The normalized spacial score (nSPS) is 11.8. The molecule has 0 aliphatic rings. The highest BCUT2D eigenvalue weighted by molar-refractivity contribution is 5.84. The smallest absolute Gasteiger partial charge is 0.126 e. The van der Waals surface area contributed by atoms with Crippen LogP contribution in [0.3, 0.4) is 0 Å². The summed E-state index contributed by atoms with van der Waals surface area (Å²) in [7, 11) is 0. The molecule has 0 radical (unpaired) electrons. The molecule has 1 aromatic heterocycles. The third kappa shape index (κ3) is 3.67. The molecular weight excluding hydrogens is 234 g/mol. The third-order valence-electron chi connectivity index (χ3n) is 2.97. The molecule has 2 rings (SSSR count). The third-order valence-corrected chi connectivity index (χ3v) is 2.97. The summed E-state index contributed by atoms with van der Waals surface area (Å²) in [4.78, 5) is 4.63. The van der Waals surface area contributed by atoms with E-state index in [0.29, 0.717) is 0 Å². The zero-order chi connectivity index (χ0) is 13.9. The van der Waals surface area contributed by atoms with Crippen molar-refractivity contribution in [3.05, 3.63) is 35.9 Å². The fourth-order valence-electron chi connectivity index (χ4n) is 2.03. The summed E-state index contributed by atoms with van der Waals surface area (Å²) in [6, 6.07) is 10.4. The minimum Gasteiger partial charge on any atom is -0.370 e. The van der Waals surface area contributed by atoms with Crippen LogP contribution in [0.5, 0.6) is 0 Å². The lowest BCUT2D eigenvalue weighted by Crippen LogP contribution is -2.35. The molecule has 0 spiro atoms. The van der Waals surface area contributed by atoms with Crippen LogP contribution in [-0.4, -0.2) is 17.1 Å². The van der Waals surface area contributed by atoms with Crippen LogP contribution in [0, 0.1) is 0 Å². The summed E-state index contributed by atoms with van der Waals surface area (Å²) in [5.74, 6) is 0.951. The van der Waals surface area contributed by atoms with Crippen molar-refractivity contribution < 1.29 is 0 Å². The molecule has 0 bridgehead atoms. The molecule has 0 unspecified atom stereocenters. The van der Waals surface area contributed by atoms with Gasteiger partial charge < -0.3 is 10.6 Å². The van der Waals surface area contributed by atoms with Crippen molar-refractivity contribution in [1.29, 1.82) is 0 Å². The van der Waals surface area contributed by atoms with E-state index in [9.17, 15) is 0 Å². The fourth-order valence-corrected chi connectivity index (χ4v) is 2.03. The van der Waals surface area contributed by atoms with E-state index in [1.807, 2.05) is 6.07 Å². The number of benzene rings is 1. The second kappa shape index (κ2) is 5.57. The van der Waals surface area contributed by atoms with Crippen molar-refractivity contribution in [2.24, 2.45) is 0 Å². The van der Waals surface area contributed by atoms with E-state index in [1.165, 1.54) is 10.9 Å². The van der Waals surface area contributed by atoms with Gasteiger partial charge in [-0.2, -0.15) is 0 Å². The topological polar surface area (TPSA) is 37.0 Å². The molecule has 3 nitrogen and oxygen atoms in total. The Bertz CT molecular complexity index is 555. The molecule has 0 saturated heterocycles. The number of nitrogens with one attached hydrogen (secondary N) is 2. The molecule has 0 aliphatic carbocycles. The van der Waals surface area contributed by atoms with Crippen LogP contribution < -0.4 is 10.6 Å². The Hall–Kier alpha value is -1.61. The highest BCUT2D eigenvalue weighted by atomic mass is 15.0. The molecule has 1 heterocycles. The number of hydrogen-bond donors (Lipinski definition) is 2. The zero-order valence-corrected chi connectivity index (χ0v) is 12.2. The predicted molar refractivity (Wildman–Crippen MR) is 82.5 cm³/mol. The number of nitrogens with zero attached hydrogens (tertiary/aromatic N) is 1. The minimum absolute atomic E-state index is 0.114. The summed E-state index contributed by atoms with van der Waals surface area (Å²) in [5, 5.41) is 8.07. The standard InChI is InChI=1S/C16H23N3/c1-5-17-15-10-12(11-18-16(2,3)4)13-8-6-7-9-14(13)19-15/h6-10,18H,5,11H2,1-4H3,(H,17,19). The fraction of sp³-hybridized carbons (Fsp3) is 0.438. The molecule has 2 N–H and O–H groups in total. The van der Waals surface area contributed by atoms with Crippen LogP contribution in [0.1, 0.15) is 33.3 Å². The summed E-state index contributed by atoms with van der Waals surface area (Å²) in [5.41, 5.74) is 2.45. The van der Waals surface area contributed by atoms with Crippen molar-refractivity contribution in [2.75, 3.05) is 11.9 Å². The molecule has 0 aliphatic heterocycles. The van der Waals surface area contributed by atoms with Gasteiger partial charge in [-0.3, -0.25) is 0 Å². The summed E-state index contributed by atoms with van der Waals surface area (Å²) in [6.45, 7) is 10.4. The van der Waals surface area contributed by atoms with Crippen LogP contribution in [0.2, 0.25) is 0 Å². The van der Waals surface area contributed by atoms with E-state index in [1.54, 1.807) is 0 Å². The second-order valence-electron chi connectivity index (χ2n) is 5.82. The first kappa shape index (κ1) is 13.8. The number of hydrogen-bond acceptors (Lipinski definition) is 3. The Morgan fingerprint density at radius 3 is 2.58 bits per heavy atom. The highest BCUT2D eigenvalue weighted by Crippen LogP contribution is 2.21. The SMILES string of the molecule is CCNc1cc(CNC(C)(C)C)c2ccccc2n1. The molecule has 1 aromatic carbocycles. The summed E-state index contributed by atoms with van der Waals surface area (Å²) < 4.78 is 0. The van der Waals surface area contributed by atoms with Gasteiger partial charge in [-0.25, -0.2) is 4.98 Å². The van der Waals surface area contributed by atoms with Crippen molar-refractivity contribution in [3.63, 3.8) is 0 Å². The van der Waals surface area contributed by atoms with Gasteiger partial charge in [-0.1, -0.05) is 18.2 Å². The molecule has 19 heavy (non-hydrogen) atoms. The van der Waals surface area contributed by atoms with Gasteiger partial charge in [0, 0.05) is 24.0 Å². The molecule has 0 saturated carbocycles. The van der Waals surface area contributed by atoms with E-state index in [0.717, 1.165) is 24.4 Å². The molecule has 0 atom stereocenters. The Balaban J connectivity index is 2.38. The molecule has 102 valence electrons. The first-order valence-electron chi connectivity index (χ1n) is 6.87. The summed E-state index contributed by atoms with van der Waals surface area (Å²) in [6.07, 6.45) is 0. The number of rotatable bonds is 4. The van der Waals surface area contributed by atoms with Crippen molar-refractivity contribution in [2.45, 2.75) is 39.8 Å². The van der Waals surface area contributed by atoms with Crippen LogP contribution in [0.4, 0.5) is 5.82 Å². The van der Waals surface area contributed by atoms with Crippen LogP contribution in [0.25, 0.3) is 10.9 Å². The number of para-hydroxylation sites is 1. The Morgan fingerprint density at radius 1 is 1.16 bits per heavy atom. The van der Waals surface area contributed by atoms with Gasteiger partial charge in [-0.05, 0) is 45.4 Å². The van der Waals surface area contributed by atoms with Gasteiger partial charge in [0.15, 0.2) is 0 Å². The predicted octanol–water partition coefficient (Wildman–Crippen LogP) is 3.55. The van der Waals surface area contributed by atoms with E-state index < -0.39 is 0 Å². The van der Waals surface area contributed by atoms with Crippen LogP contribution in [0.15, 0.2) is 30.3 Å². The molecular formula is C16H23N3. The van der Waals surface area contributed by atoms with Crippen molar-refractivity contribution >= 4 is 16.7 Å². The van der Waals surface area contributed by atoms with Crippen molar-refractivity contribution in [1.82, 2.24) is 10.3 Å². The van der Waals surface area contributed by atoms with Crippen molar-refractivity contribution in [3.8, 4) is 0 Å². The number of anilines is 1. The quantitative estimate of drug-likeness (QED) is 0.879. The van der Waals surface area contributed by atoms with Gasteiger partial charge in [0.25, 0.3) is 0 Å². The largest absolute Gasteiger partial charge is 0.370 e. The van der Waals surface area contributed by atoms with Gasteiger partial charge in [0.2, 0.25) is 0 Å². The average Bonchev–Trinajstić information content (AvgIpc) is 2.35. The maximum Gasteiger partial charge on any atom is 0.126 e. The lowest BCUT2D eigenvalue weighted by molar-refractivity contribution is 0.425. The second-order valence-corrected chi connectivity index (χ2v) is 5.82. The van der Waals surface area contributed by atoms with E-state index in [-0.39, 0.29) is 5.54 Å². The minimum atomic E-state index is 0.114. The maximum atomic E-state index is 4.63. The molecule has 0 fully saturated rings.